The van der Waals surface area contributed by atoms with E-state index in [0.29, 0.717) is 6.04 Å². The lowest BCUT2D eigenvalue weighted by molar-refractivity contribution is 0.0516. The summed E-state index contributed by atoms with van der Waals surface area (Å²) in [5.41, 5.74) is 0.226. The van der Waals surface area contributed by atoms with Crippen molar-refractivity contribution >= 4 is 0 Å². The van der Waals surface area contributed by atoms with Crippen LogP contribution in [0.5, 0.6) is 0 Å². The summed E-state index contributed by atoms with van der Waals surface area (Å²) in [6, 6.07) is 0.652. The van der Waals surface area contributed by atoms with Crippen molar-refractivity contribution in [1.29, 1.82) is 0 Å². The zero-order chi connectivity index (χ0) is 12.7. The van der Waals surface area contributed by atoms with Crippen LogP contribution in [0.4, 0.5) is 0 Å². The Morgan fingerprint density at radius 2 is 2.06 bits per heavy atom. The molecule has 17 heavy (non-hydrogen) atoms. The van der Waals surface area contributed by atoms with E-state index < -0.39 is 0 Å². The Balaban J connectivity index is 1.96. The van der Waals surface area contributed by atoms with Crippen molar-refractivity contribution in [3.63, 3.8) is 0 Å². The maximum absolute atomic E-state index is 5.78. The van der Waals surface area contributed by atoms with Gasteiger partial charge in [0.15, 0.2) is 0 Å². The number of ether oxygens (including phenoxy) is 1. The Morgan fingerprint density at radius 1 is 1.29 bits per heavy atom. The van der Waals surface area contributed by atoms with Crippen LogP contribution in [0.25, 0.3) is 0 Å². The molecule has 1 atom stereocenters. The average Bonchev–Trinajstić information content (AvgIpc) is 2.24. The number of nitrogens with one attached hydrogen (secondary N) is 1. The van der Waals surface area contributed by atoms with Gasteiger partial charge in [0.1, 0.15) is 0 Å². The lowest BCUT2D eigenvalue weighted by Gasteiger charge is -2.32. The molecular formula is C14H30N2O. The van der Waals surface area contributed by atoms with Crippen molar-refractivity contribution in [3.05, 3.63) is 0 Å². The molecular weight excluding hydrogens is 212 g/mol. The number of hydrogen-bond donors (Lipinski definition) is 1. The van der Waals surface area contributed by atoms with Crippen molar-refractivity contribution in [2.45, 2.75) is 58.0 Å². The summed E-state index contributed by atoms with van der Waals surface area (Å²) in [5, 5.41) is 3.48. The predicted molar refractivity (Wildman–Crippen MR) is 73.5 cm³/mol. The molecule has 1 saturated heterocycles. The highest BCUT2D eigenvalue weighted by Gasteiger charge is 2.18. The number of piperidine rings is 1. The summed E-state index contributed by atoms with van der Waals surface area (Å²) >= 11 is 0. The zero-order valence-corrected chi connectivity index (χ0v) is 12.1. The SMILES string of the molecule is CN1CCCCC1COCCCNC(C)(C)C. The summed E-state index contributed by atoms with van der Waals surface area (Å²) in [6.07, 6.45) is 5.12. The van der Waals surface area contributed by atoms with Crippen LogP contribution in [0, 0.1) is 0 Å². The fourth-order valence-corrected chi connectivity index (χ4v) is 2.21. The summed E-state index contributed by atoms with van der Waals surface area (Å²) < 4.78 is 5.78. The van der Waals surface area contributed by atoms with Crippen LogP contribution in [0.15, 0.2) is 0 Å². The molecule has 0 aromatic rings. The van der Waals surface area contributed by atoms with E-state index in [-0.39, 0.29) is 5.54 Å². The first kappa shape index (κ1) is 14.9. The molecule has 0 aliphatic carbocycles. The Bertz CT molecular complexity index is 201. The van der Waals surface area contributed by atoms with Crippen LogP contribution in [0.3, 0.4) is 0 Å². The third kappa shape index (κ3) is 7.02. The minimum absolute atomic E-state index is 0.226. The first-order valence-corrected chi connectivity index (χ1v) is 7.02. The maximum Gasteiger partial charge on any atom is 0.0621 e. The Kier molecular flexibility index (Phi) is 6.45. The Morgan fingerprint density at radius 3 is 2.71 bits per heavy atom. The minimum Gasteiger partial charge on any atom is -0.380 e. The van der Waals surface area contributed by atoms with Gasteiger partial charge in [-0.05, 0) is 60.2 Å². The lowest BCUT2D eigenvalue weighted by Crippen LogP contribution is -2.39. The summed E-state index contributed by atoms with van der Waals surface area (Å²) in [5.74, 6) is 0. The molecule has 1 fully saturated rings. The third-order valence-electron chi connectivity index (χ3n) is 3.35. The second-order valence-electron chi connectivity index (χ2n) is 6.24. The zero-order valence-electron chi connectivity index (χ0n) is 12.1. The molecule has 3 heteroatoms. The van der Waals surface area contributed by atoms with Gasteiger partial charge in [0, 0.05) is 18.2 Å². The second-order valence-corrected chi connectivity index (χ2v) is 6.24. The van der Waals surface area contributed by atoms with Crippen molar-refractivity contribution in [3.8, 4) is 0 Å². The molecule has 102 valence electrons. The maximum atomic E-state index is 5.78. The van der Waals surface area contributed by atoms with E-state index in [2.05, 4.69) is 38.0 Å². The molecule has 0 saturated carbocycles. The van der Waals surface area contributed by atoms with Gasteiger partial charge in [0.25, 0.3) is 0 Å². The summed E-state index contributed by atoms with van der Waals surface area (Å²) in [4.78, 5) is 2.44. The third-order valence-corrected chi connectivity index (χ3v) is 3.35. The van der Waals surface area contributed by atoms with Crippen LogP contribution in [0.1, 0.15) is 46.5 Å². The van der Waals surface area contributed by atoms with Crippen LogP contribution >= 0.6 is 0 Å². The molecule has 1 heterocycles. The van der Waals surface area contributed by atoms with E-state index in [1.807, 2.05) is 0 Å². The first-order valence-electron chi connectivity index (χ1n) is 7.02. The van der Waals surface area contributed by atoms with Crippen LogP contribution in [-0.2, 0) is 4.74 Å². The van der Waals surface area contributed by atoms with Crippen LogP contribution < -0.4 is 5.32 Å². The summed E-state index contributed by atoms with van der Waals surface area (Å²) in [7, 11) is 2.22. The van der Waals surface area contributed by atoms with E-state index >= 15 is 0 Å². The molecule has 0 aromatic heterocycles. The van der Waals surface area contributed by atoms with Gasteiger partial charge >= 0.3 is 0 Å². The molecule has 0 spiro atoms. The molecule has 0 aromatic carbocycles. The number of hydrogen-bond acceptors (Lipinski definition) is 3. The molecule has 0 amide bonds. The number of likely N-dealkylation sites (N-methyl/N-ethyl adjacent to an activating group) is 1. The highest BCUT2D eigenvalue weighted by molar-refractivity contribution is 4.73. The number of likely N-dealkylation sites (tertiary alicyclic amines) is 1. The molecule has 3 nitrogen and oxygen atoms in total. The predicted octanol–water partition coefficient (Wildman–Crippen LogP) is 2.27. The highest BCUT2D eigenvalue weighted by atomic mass is 16.5. The van der Waals surface area contributed by atoms with E-state index in [9.17, 15) is 0 Å². The molecule has 1 aliphatic rings. The quantitative estimate of drug-likeness (QED) is 0.723. The Hall–Kier alpha value is -0.120. The molecule has 0 radical (unpaired) electrons. The average molecular weight is 242 g/mol. The lowest BCUT2D eigenvalue weighted by atomic mass is 10.0. The Labute approximate surface area is 107 Å². The second kappa shape index (κ2) is 7.34. The fraction of sp³-hybridized carbons (Fsp3) is 1.00. The largest absolute Gasteiger partial charge is 0.380 e. The van der Waals surface area contributed by atoms with E-state index in [0.717, 1.165) is 26.2 Å². The molecule has 0 bridgehead atoms. The van der Waals surface area contributed by atoms with Gasteiger partial charge in [-0.15, -0.1) is 0 Å². The normalized spacial score (nSPS) is 22.9. The van der Waals surface area contributed by atoms with E-state index in [4.69, 9.17) is 4.74 Å². The fourth-order valence-electron chi connectivity index (χ4n) is 2.21. The van der Waals surface area contributed by atoms with Crippen molar-refractivity contribution in [2.75, 3.05) is 33.4 Å². The minimum atomic E-state index is 0.226. The number of nitrogens with zero attached hydrogens (tertiary/aromatic N) is 1. The van der Waals surface area contributed by atoms with Gasteiger partial charge in [-0.2, -0.15) is 0 Å². The van der Waals surface area contributed by atoms with Gasteiger partial charge in [0.2, 0.25) is 0 Å². The van der Waals surface area contributed by atoms with Crippen LogP contribution in [0.2, 0.25) is 0 Å². The first-order chi connectivity index (χ1) is 7.99. The molecule has 1 rings (SSSR count). The highest BCUT2D eigenvalue weighted by Crippen LogP contribution is 2.14. The molecule has 1 unspecified atom stereocenters. The molecule has 1 N–H and O–H groups in total. The van der Waals surface area contributed by atoms with Gasteiger partial charge in [0.05, 0.1) is 6.61 Å². The standard InChI is InChI=1S/C14H30N2O/c1-14(2,3)15-9-7-11-17-12-13-8-5-6-10-16(13)4/h13,15H,5-12H2,1-4H3. The number of rotatable bonds is 6. The molecule has 1 aliphatic heterocycles. The van der Waals surface area contributed by atoms with Crippen LogP contribution in [-0.4, -0.2) is 49.8 Å². The van der Waals surface area contributed by atoms with Crippen molar-refractivity contribution in [1.82, 2.24) is 10.2 Å². The smallest absolute Gasteiger partial charge is 0.0621 e. The summed E-state index contributed by atoms with van der Waals surface area (Å²) in [6.45, 7) is 10.7. The van der Waals surface area contributed by atoms with Gasteiger partial charge in [-0.25, -0.2) is 0 Å². The van der Waals surface area contributed by atoms with Gasteiger partial charge in [-0.3, -0.25) is 0 Å². The van der Waals surface area contributed by atoms with Gasteiger partial charge in [-0.1, -0.05) is 6.42 Å². The van der Waals surface area contributed by atoms with Crippen molar-refractivity contribution < 1.29 is 4.74 Å². The monoisotopic (exact) mass is 242 g/mol. The topological polar surface area (TPSA) is 24.5 Å². The van der Waals surface area contributed by atoms with E-state index in [1.54, 1.807) is 0 Å². The van der Waals surface area contributed by atoms with Crippen molar-refractivity contribution in [2.24, 2.45) is 0 Å². The van der Waals surface area contributed by atoms with Gasteiger partial charge < -0.3 is 15.0 Å². The van der Waals surface area contributed by atoms with E-state index in [1.165, 1.54) is 25.8 Å².